The number of carbonyl (C=O) groups excluding carboxylic acids is 1. The van der Waals surface area contributed by atoms with E-state index < -0.39 is 0 Å². The molecule has 1 amide bonds. The van der Waals surface area contributed by atoms with Crippen molar-refractivity contribution < 1.29 is 4.79 Å². The van der Waals surface area contributed by atoms with E-state index in [1.54, 1.807) is 18.2 Å². The smallest absolute Gasteiger partial charge is 0.251 e. The molecule has 0 saturated heterocycles. The molecule has 0 bridgehead atoms. The Labute approximate surface area is 122 Å². The van der Waals surface area contributed by atoms with Crippen LogP contribution in [0, 0.1) is 0 Å². The van der Waals surface area contributed by atoms with Gasteiger partial charge in [0.2, 0.25) is 0 Å². The molecule has 0 aliphatic heterocycles. The van der Waals surface area contributed by atoms with E-state index >= 15 is 0 Å². The largest absolute Gasteiger partial charge is 0.349 e. The first-order valence-electron chi connectivity index (χ1n) is 6.71. The number of nitrogens with zero attached hydrogens (tertiary/aromatic N) is 2. The molecule has 0 aliphatic rings. The molecule has 0 atom stereocenters. The van der Waals surface area contributed by atoms with Crippen LogP contribution >= 0.6 is 0 Å². The average molecular weight is 277 g/mol. The van der Waals surface area contributed by atoms with Crippen LogP contribution in [0.5, 0.6) is 0 Å². The van der Waals surface area contributed by atoms with Crippen molar-refractivity contribution in [2.75, 3.05) is 6.54 Å². The van der Waals surface area contributed by atoms with Crippen molar-refractivity contribution in [1.82, 2.24) is 14.7 Å². The SMILES string of the molecule is C=CCNC(=O)c1ccn2cc(-c3ccccc3)nc2c1. The summed E-state index contributed by atoms with van der Waals surface area (Å²) in [7, 11) is 0. The third kappa shape index (κ3) is 2.69. The minimum absolute atomic E-state index is 0.123. The maximum absolute atomic E-state index is 11.9. The molecule has 0 unspecified atom stereocenters. The number of imidazole rings is 1. The highest BCUT2D eigenvalue weighted by Crippen LogP contribution is 2.19. The number of carbonyl (C=O) groups is 1. The van der Waals surface area contributed by atoms with Crippen LogP contribution in [-0.2, 0) is 0 Å². The first kappa shape index (κ1) is 13.1. The molecular formula is C17H15N3O. The lowest BCUT2D eigenvalue weighted by Crippen LogP contribution is -2.23. The number of fused-ring (bicyclic) bond motifs is 1. The van der Waals surface area contributed by atoms with Gasteiger partial charge in [-0.1, -0.05) is 36.4 Å². The molecular weight excluding hydrogens is 262 g/mol. The molecule has 0 radical (unpaired) electrons. The van der Waals surface area contributed by atoms with Crippen molar-refractivity contribution in [2.45, 2.75) is 0 Å². The van der Waals surface area contributed by atoms with Gasteiger partial charge in [-0.3, -0.25) is 4.79 Å². The van der Waals surface area contributed by atoms with Crippen molar-refractivity contribution in [1.29, 1.82) is 0 Å². The van der Waals surface area contributed by atoms with Gasteiger partial charge >= 0.3 is 0 Å². The zero-order valence-corrected chi connectivity index (χ0v) is 11.5. The minimum atomic E-state index is -0.123. The summed E-state index contributed by atoms with van der Waals surface area (Å²) in [5.74, 6) is -0.123. The standard InChI is InChI=1S/C17H15N3O/c1-2-9-18-17(21)14-8-10-20-12-15(19-16(20)11-14)13-6-4-3-5-7-13/h2-8,10-12H,1,9H2,(H,18,21). The molecule has 0 saturated carbocycles. The van der Waals surface area contributed by atoms with Crippen LogP contribution in [0.1, 0.15) is 10.4 Å². The topological polar surface area (TPSA) is 46.4 Å². The van der Waals surface area contributed by atoms with E-state index in [2.05, 4.69) is 16.9 Å². The van der Waals surface area contributed by atoms with E-state index in [-0.39, 0.29) is 5.91 Å². The first-order chi connectivity index (χ1) is 10.3. The molecule has 0 spiro atoms. The van der Waals surface area contributed by atoms with Gasteiger partial charge in [-0.15, -0.1) is 6.58 Å². The van der Waals surface area contributed by atoms with E-state index in [1.165, 1.54) is 0 Å². The van der Waals surface area contributed by atoms with Crippen molar-refractivity contribution in [3.05, 3.63) is 73.1 Å². The Kier molecular flexibility index (Phi) is 3.51. The Morgan fingerprint density at radius 3 is 2.86 bits per heavy atom. The molecule has 0 aliphatic carbocycles. The number of hydrogen-bond acceptors (Lipinski definition) is 2. The normalized spacial score (nSPS) is 10.5. The maximum Gasteiger partial charge on any atom is 0.251 e. The highest BCUT2D eigenvalue weighted by molar-refractivity contribution is 5.95. The summed E-state index contributed by atoms with van der Waals surface area (Å²) >= 11 is 0. The zero-order chi connectivity index (χ0) is 14.7. The lowest BCUT2D eigenvalue weighted by atomic mass is 10.2. The number of nitrogens with one attached hydrogen (secondary N) is 1. The van der Waals surface area contributed by atoms with Gasteiger partial charge in [0.25, 0.3) is 5.91 Å². The molecule has 104 valence electrons. The van der Waals surface area contributed by atoms with Crippen molar-refractivity contribution in [2.24, 2.45) is 0 Å². The number of hydrogen-bond donors (Lipinski definition) is 1. The molecule has 4 heteroatoms. The van der Waals surface area contributed by atoms with Crippen molar-refractivity contribution >= 4 is 11.6 Å². The van der Waals surface area contributed by atoms with E-state index in [9.17, 15) is 4.79 Å². The lowest BCUT2D eigenvalue weighted by Gasteiger charge is -2.02. The summed E-state index contributed by atoms with van der Waals surface area (Å²) < 4.78 is 1.91. The van der Waals surface area contributed by atoms with E-state index in [4.69, 9.17) is 0 Å². The summed E-state index contributed by atoms with van der Waals surface area (Å²) in [6.45, 7) is 4.03. The molecule has 21 heavy (non-hydrogen) atoms. The molecule has 1 N–H and O–H groups in total. The van der Waals surface area contributed by atoms with Crippen LogP contribution in [-0.4, -0.2) is 21.8 Å². The van der Waals surface area contributed by atoms with Crippen LogP contribution < -0.4 is 5.32 Å². The van der Waals surface area contributed by atoms with Crippen molar-refractivity contribution in [3.8, 4) is 11.3 Å². The minimum Gasteiger partial charge on any atom is -0.349 e. The Hall–Kier alpha value is -2.88. The van der Waals surface area contributed by atoms with E-state index in [0.29, 0.717) is 12.1 Å². The second kappa shape index (κ2) is 5.63. The van der Waals surface area contributed by atoms with Crippen LogP contribution in [0.2, 0.25) is 0 Å². The highest BCUT2D eigenvalue weighted by atomic mass is 16.1. The zero-order valence-electron chi connectivity index (χ0n) is 11.5. The van der Waals surface area contributed by atoms with Gasteiger partial charge in [0.15, 0.2) is 0 Å². The van der Waals surface area contributed by atoms with Crippen LogP contribution in [0.4, 0.5) is 0 Å². The van der Waals surface area contributed by atoms with E-state index in [1.807, 2.05) is 47.1 Å². The summed E-state index contributed by atoms with van der Waals surface area (Å²) in [4.78, 5) is 16.5. The molecule has 2 aromatic heterocycles. The molecule has 1 aromatic carbocycles. The molecule has 0 fully saturated rings. The quantitative estimate of drug-likeness (QED) is 0.745. The van der Waals surface area contributed by atoms with Gasteiger partial charge in [0, 0.05) is 30.1 Å². The Morgan fingerprint density at radius 2 is 2.10 bits per heavy atom. The molecule has 4 nitrogen and oxygen atoms in total. The predicted molar refractivity (Wildman–Crippen MR) is 83.2 cm³/mol. The van der Waals surface area contributed by atoms with Gasteiger partial charge in [-0.2, -0.15) is 0 Å². The number of rotatable bonds is 4. The fourth-order valence-corrected chi connectivity index (χ4v) is 2.14. The number of aromatic nitrogens is 2. The Morgan fingerprint density at radius 1 is 1.29 bits per heavy atom. The van der Waals surface area contributed by atoms with Gasteiger partial charge in [0.1, 0.15) is 5.65 Å². The predicted octanol–water partition coefficient (Wildman–Crippen LogP) is 2.92. The second-order valence-corrected chi connectivity index (χ2v) is 4.67. The van der Waals surface area contributed by atoms with Gasteiger partial charge < -0.3 is 9.72 Å². The van der Waals surface area contributed by atoms with Crippen LogP contribution in [0.3, 0.4) is 0 Å². The Bertz CT molecular complexity index is 790. The summed E-state index contributed by atoms with van der Waals surface area (Å²) in [6, 6.07) is 13.5. The van der Waals surface area contributed by atoms with Gasteiger partial charge in [-0.25, -0.2) is 4.98 Å². The number of pyridine rings is 1. The summed E-state index contributed by atoms with van der Waals surface area (Å²) in [5, 5.41) is 2.76. The molecule has 3 aromatic rings. The summed E-state index contributed by atoms with van der Waals surface area (Å²) in [5.41, 5.74) is 3.28. The number of benzene rings is 1. The first-order valence-corrected chi connectivity index (χ1v) is 6.71. The fraction of sp³-hybridized carbons (Fsp3) is 0.0588. The third-order valence-electron chi connectivity index (χ3n) is 3.20. The Balaban J connectivity index is 1.95. The monoisotopic (exact) mass is 277 g/mol. The third-order valence-corrected chi connectivity index (χ3v) is 3.20. The second-order valence-electron chi connectivity index (χ2n) is 4.67. The lowest BCUT2D eigenvalue weighted by molar-refractivity contribution is 0.0958. The average Bonchev–Trinajstić information content (AvgIpc) is 2.96. The summed E-state index contributed by atoms with van der Waals surface area (Å²) in [6.07, 6.45) is 5.45. The van der Waals surface area contributed by atoms with Gasteiger partial charge in [0.05, 0.1) is 5.69 Å². The van der Waals surface area contributed by atoms with E-state index in [0.717, 1.165) is 16.9 Å². The number of amides is 1. The molecule has 2 heterocycles. The van der Waals surface area contributed by atoms with Crippen LogP contribution in [0.15, 0.2) is 67.5 Å². The highest BCUT2D eigenvalue weighted by Gasteiger charge is 2.08. The maximum atomic E-state index is 11.9. The molecule has 3 rings (SSSR count). The van der Waals surface area contributed by atoms with Crippen LogP contribution in [0.25, 0.3) is 16.9 Å². The van der Waals surface area contributed by atoms with Gasteiger partial charge in [-0.05, 0) is 12.1 Å². The van der Waals surface area contributed by atoms with Crippen molar-refractivity contribution in [3.63, 3.8) is 0 Å². The fourth-order valence-electron chi connectivity index (χ4n) is 2.14.